The number of H-pyrrole nitrogens is 1. The Kier molecular flexibility index (Phi) is 3.04. The van der Waals surface area contributed by atoms with Gasteiger partial charge in [-0.3, -0.25) is 5.32 Å². The number of nitrogens with one attached hydrogen (secondary N) is 2. The van der Waals surface area contributed by atoms with Crippen LogP contribution in [-0.2, 0) is 6.42 Å². The monoisotopic (exact) mass is 204 g/mol. The van der Waals surface area contributed by atoms with E-state index in [1.807, 2.05) is 6.07 Å². The van der Waals surface area contributed by atoms with E-state index >= 15 is 0 Å². The third kappa shape index (κ3) is 2.03. The average Bonchev–Trinajstić information content (AvgIpc) is 2.56. The minimum Gasteiger partial charge on any atom is -0.381 e. The molecule has 1 heterocycles. The van der Waals surface area contributed by atoms with E-state index in [1.165, 1.54) is 22.2 Å². The van der Waals surface area contributed by atoms with Crippen LogP contribution in [0.3, 0.4) is 0 Å². The van der Waals surface area contributed by atoms with Crippen molar-refractivity contribution in [2.45, 2.75) is 13.3 Å². The van der Waals surface area contributed by atoms with E-state index in [2.05, 4.69) is 35.4 Å². The van der Waals surface area contributed by atoms with Gasteiger partial charge >= 0.3 is 0 Å². The van der Waals surface area contributed by atoms with Crippen LogP contribution >= 0.6 is 0 Å². The van der Waals surface area contributed by atoms with Gasteiger partial charge in [0.05, 0.1) is 6.73 Å². The van der Waals surface area contributed by atoms with Crippen LogP contribution in [0.2, 0.25) is 0 Å². The molecule has 0 aliphatic rings. The molecule has 1 aromatic carbocycles. The molecule has 0 amide bonds. The van der Waals surface area contributed by atoms with Crippen molar-refractivity contribution in [3.8, 4) is 0 Å². The second kappa shape index (κ2) is 4.47. The maximum atomic E-state index is 8.66. The van der Waals surface area contributed by atoms with Crippen LogP contribution < -0.4 is 5.32 Å². The van der Waals surface area contributed by atoms with Gasteiger partial charge in [-0.15, -0.1) is 0 Å². The van der Waals surface area contributed by atoms with Gasteiger partial charge < -0.3 is 10.1 Å². The molecule has 0 spiro atoms. The maximum absolute atomic E-state index is 8.66. The number of fused-ring (bicyclic) bond motifs is 1. The second-order valence-electron chi connectivity index (χ2n) is 3.68. The molecule has 0 radical (unpaired) electrons. The molecule has 2 rings (SSSR count). The molecule has 0 saturated heterocycles. The minimum atomic E-state index is 0.0431. The van der Waals surface area contributed by atoms with Crippen LogP contribution in [-0.4, -0.2) is 23.4 Å². The van der Waals surface area contributed by atoms with Crippen molar-refractivity contribution in [2.24, 2.45) is 0 Å². The highest BCUT2D eigenvalue weighted by molar-refractivity contribution is 5.84. The van der Waals surface area contributed by atoms with Crippen LogP contribution in [0.1, 0.15) is 11.3 Å². The molecule has 3 heteroatoms. The highest BCUT2D eigenvalue weighted by atomic mass is 16.3. The van der Waals surface area contributed by atoms with Crippen LogP contribution in [0.15, 0.2) is 24.3 Å². The SMILES string of the molecule is Cc1[nH]c2ccccc2c1CCNCO. The predicted molar refractivity (Wildman–Crippen MR) is 61.8 cm³/mol. The second-order valence-corrected chi connectivity index (χ2v) is 3.68. The van der Waals surface area contributed by atoms with Crippen LogP contribution in [0.25, 0.3) is 10.9 Å². The molecular formula is C12H16N2O. The summed E-state index contributed by atoms with van der Waals surface area (Å²) in [6, 6.07) is 8.31. The summed E-state index contributed by atoms with van der Waals surface area (Å²) in [5, 5.41) is 12.9. The van der Waals surface area contributed by atoms with Gasteiger partial charge in [-0.2, -0.15) is 0 Å². The van der Waals surface area contributed by atoms with Crippen molar-refractivity contribution in [1.82, 2.24) is 10.3 Å². The van der Waals surface area contributed by atoms with E-state index < -0.39 is 0 Å². The number of hydrogen-bond donors (Lipinski definition) is 3. The number of aryl methyl sites for hydroxylation is 1. The summed E-state index contributed by atoms with van der Waals surface area (Å²) < 4.78 is 0. The topological polar surface area (TPSA) is 48.0 Å². The Labute approximate surface area is 89.1 Å². The molecule has 0 bridgehead atoms. The van der Waals surface area contributed by atoms with Crippen molar-refractivity contribution in [2.75, 3.05) is 13.3 Å². The first-order chi connectivity index (χ1) is 7.33. The smallest absolute Gasteiger partial charge is 0.0931 e. The number of aromatic nitrogens is 1. The molecule has 0 aliphatic carbocycles. The zero-order chi connectivity index (χ0) is 10.7. The Balaban J connectivity index is 2.28. The van der Waals surface area contributed by atoms with Crippen LogP contribution in [0.4, 0.5) is 0 Å². The molecule has 80 valence electrons. The molecule has 0 saturated carbocycles. The van der Waals surface area contributed by atoms with E-state index in [4.69, 9.17) is 5.11 Å². The molecular weight excluding hydrogens is 188 g/mol. The summed E-state index contributed by atoms with van der Waals surface area (Å²) >= 11 is 0. The Bertz CT molecular complexity index is 448. The Morgan fingerprint density at radius 1 is 1.33 bits per heavy atom. The van der Waals surface area contributed by atoms with Crippen molar-refractivity contribution < 1.29 is 5.11 Å². The molecule has 0 unspecified atom stereocenters. The molecule has 15 heavy (non-hydrogen) atoms. The number of aliphatic hydroxyl groups is 1. The number of benzene rings is 1. The summed E-state index contributed by atoms with van der Waals surface area (Å²) in [4.78, 5) is 3.36. The molecule has 0 aliphatic heterocycles. The fraction of sp³-hybridized carbons (Fsp3) is 0.333. The average molecular weight is 204 g/mol. The van der Waals surface area contributed by atoms with Gasteiger partial charge in [0, 0.05) is 23.1 Å². The number of rotatable bonds is 4. The summed E-state index contributed by atoms with van der Waals surface area (Å²) in [7, 11) is 0. The van der Waals surface area contributed by atoms with Gasteiger partial charge in [-0.1, -0.05) is 18.2 Å². The largest absolute Gasteiger partial charge is 0.381 e. The quantitative estimate of drug-likeness (QED) is 0.523. The maximum Gasteiger partial charge on any atom is 0.0931 e. The minimum absolute atomic E-state index is 0.0431. The Morgan fingerprint density at radius 3 is 2.93 bits per heavy atom. The number of aromatic amines is 1. The van der Waals surface area contributed by atoms with Gasteiger partial charge in [0.1, 0.15) is 0 Å². The molecule has 0 atom stereocenters. The van der Waals surface area contributed by atoms with Gasteiger partial charge in [0.2, 0.25) is 0 Å². The fourth-order valence-corrected chi connectivity index (χ4v) is 1.95. The van der Waals surface area contributed by atoms with E-state index in [0.29, 0.717) is 0 Å². The van der Waals surface area contributed by atoms with E-state index in [-0.39, 0.29) is 6.73 Å². The third-order valence-corrected chi connectivity index (χ3v) is 2.69. The van der Waals surface area contributed by atoms with Crippen molar-refractivity contribution >= 4 is 10.9 Å². The first-order valence-electron chi connectivity index (χ1n) is 5.20. The van der Waals surface area contributed by atoms with E-state index in [9.17, 15) is 0 Å². The lowest BCUT2D eigenvalue weighted by atomic mass is 10.1. The van der Waals surface area contributed by atoms with Gasteiger partial charge in [0.25, 0.3) is 0 Å². The normalized spacial score (nSPS) is 11.1. The van der Waals surface area contributed by atoms with Crippen LogP contribution in [0.5, 0.6) is 0 Å². The first kappa shape index (κ1) is 10.2. The van der Waals surface area contributed by atoms with E-state index in [0.717, 1.165) is 13.0 Å². The predicted octanol–water partition coefficient (Wildman–Crippen LogP) is 1.56. The van der Waals surface area contributed by atoms with Gasteiger partial charge in [-0.05, 0) is 25.0 Å². The zero-order valence-electron chi connectivity index (χ0n) is 8.88. The molecule has 0 fully saturated rings. The Hall–Kier alpha value is -1.32. The highest BCUT2D eigenvalue weighted by Gasteiger charge is 2.06. The lowest BCUT2D eigenvalue weighted by molar-refractivity contribution is 0.262. The van der Waals surface area contributed by atoms with Crippen LogP contribution in [0, 0.1) is 6.92 Å². The molecule has 3 N–H and O–H groups in total. The van der Waals surface area contributed by atoms with E-state index in [1.54, 1.807) is 0 Å². The lowest BCUT2D eigenvalue weighted by Crippen LogP contribution is -2.17. The fourth-order valence-electron chi connectivity index (χ4n) is 1.95. The van der Waals surface area contributed by atoms with Crippen molar-refractivity contribution in [1.29, 1.82) is 0 Å². The molecule has 2 aromatic rings. The number of hydrogen-bond acceptors (Lipinski definition) is 2. The zero-order valence-corrected chi connectivity index (χ0v) is 8.88. The summed E-state index contributed by atoms with van der Waals surface area (Å²) in [6.07, 6.45) is 0.941. The van der Waals surface area contributed by atoms with Gasteiger partial charge in [0.15, 0.2) is 0 Å². The molecule has 3 nitrogen and oxygen atoms in total. The molecule has 1 aromatic heterocycles. The summed E-state index contributed by atoms with van der Waals surface area (Å²) in [5.41, 5.74) is 3.75. The van der Waals surface area contributed by atoms with Crippen molar-refractivity contribution in [3.05, 3.63) is 35.5 Å². The first-order valence-corrected chi connectivity index (χ1v) is 5.20. The number of aliphatic hydroxyl groups excluding tert-OH is 1. The van der Waals surface area contributed by atoms with Gasteiger partial charge in [-0.25, -0.2) is 0 Å². The highest BCUT2D eigenvalue weighted by Crippen LogP contribution is 2.21. The van der Waals surface area contributed by atoms with Crippen molar-refractivity contribution in [3.63, 3.8) is 0 Å². The summed E-state index contributed by atoms with van der Waals surface area (Å²) in [5.74, 6) is 0. The lowest BCUT2D eigenvalue weighted by Gasteiger charge is -2.01. The third-order valence-electron chi connectivity index (χ3n) is 2.69. The summed E-state index contributed by atoms with van der Waals surface area (Å²) in [6.45, 7) is 2.94. The standard InChI is InChI=1S/C12H16N2O/c1-9-10(6-7-13-8-15)11-4-2-3-5-12(11)14-9/h2-5,13-15H,6-8H2,1H3. The Morgan fingerprint density at radius 2 is 2.13 bits per heavy atom. The number of para-hydroxylation sites is 1.